The minimum Gasteiger partial charge on any atom is -0.355 e. The highest BCUT2D eigenvalue weighted by atomic mass is 32.1. The first-order chi connectivity index (χ1) is 12.7. The van der Waals surface area contributed by atoms with Gasteiger partial charge in [0.2, 0.25) is 11.8 Å². The van der Waals surface area contributed by atoms with Crippen molar-refractivity contribution in [3.8, 4) is 10.6 Å². The maximum Gasteiger partial charge on any atom is 0.226 e. The molecule has 0 atom stereocenters. The van der Waals surface area contributed by atoms with E-state index in [0.717, 1.165) is 16.3 Å². The lowest BCUT2D eigenvalue weighted by Gasteiger charge is -2.06. The highest BCUT2D eigenvalue weighted by molar-refractivity contribution is 7.13. The van der Waals surface area contributed by atoms with Gasteiger partial charge in [0, 0.05) is 30.1 Å². The molecule has 26 heavy (non-hydrogen) atoms. The van der Waals surface area contributed by atoms with Gasteiger partial charge in [0.1, 0.15) is 5.01 Å². The SMILES string of the molecule is O=C(Cc1csc(-c2ccccc2)n1)NCCC(=O)Nc1cccnc1. The van der Waals surface area contributed by atoms with Crippen LogP contribution in [0.15, 0.2) is 60.2 Å². The molecule has 0 aliphatic rings. The monoisotopic (exact) mass is 366 g/mol. The Kier molecular flexibility index (Phi) is 6.05. The fraction of sp³-hybridized carbons (Fsp3) is 0.158. The lowest BCUT2D eigenvalue weighted by atomic mass is 10.2. The van der Waals surface area contributed by atoms with Crippen molar-refractivity contribution in [2.75, 3.05) is 11.9 Å². The Bertz CT molecular complexity index is 866. The van der Waals surface area contributed by atoms with Gasteiger partial charge in [0.05, 0.1) is 24.0 Å². The summed E-state index contributed by atoms with van der Waals surface area (Å²) in [5.74, 6) is -0.317. The van der Waals surface area contributed by atoms with Gasteiger partial charge in [-0.1, -0.05) is 30.3 Å². The van der Waals surface area contributed by atoms with E-state index >= 15 is 0 Å². The van der Waals surface area contributed by atoms with E-state index in [1.165, 1.54) is 11.3 Å². The van der Waals surface area contributed by atoms with Crippen molar-refractivity contribution >= 4 is 28.8 Å². The molecule has 3 rings (SSSR count). The zero-order valence-electron chi connectivity index (χ0n) is 14.0. The first-order valence-corrected chi connectivity index (χ1v) is 9.05. The second-order valence-electron chi connectivity index (χ2n) is 5.58. The molecule has 0 aliphatic heterocycles. The molecule has 0 unspecified atom stereocenters. The fourth-order valence-corrected chi connectivity index (χ4v) is 3.13. The summed E-state index contributed by atoms with van der Waals surface area (Å²) in [5.41, 5.74) is 2.40. The molecule has 0 fully saturated rings. The standard InChI is InChI=1S/C19H18N4O2S/c24-17(22-15-7-4-9-20-12-15)8-10-21-18(25)11-16-13-26-19(23-16)14-5-2-1-3-6-14/h1-7,9,12-13H,8,10-11H2,(H,21,25)(H,22,24). The summed E-state index contributed by atoms with van der Waals surface area (Å²) in [6.45, 7) is 0.278. The number of benzene rings is 1. The lowest BCUT2D eigenvalue weighted by molar-refractivity contribution is -0.120. The minimum absolute atomic E-state index is 0.149. The van der Waals surface area contributed by atoms with Crippen LogP contribution in [0.1, 0.15) is 12.1 Å². The van der Waals surface area contributed by atoms with Gasteiger partial charge in [-0.3, -0.25) is 14.6 Å². The summed E-state index contributed by atoms with van der Waals surface area (Å²) in [6.07, 6.45) is 3.61. The van der Waals surface area contributed by atoms with Gasteiger partial charge in [-0.2, -0.15) is 0 Å². The van der Waals surface area contributed by atoms with Crippen molar-refractivity contribution in [1.82, 2.24) is 15.3 Å². The van der Waals surface area contributed by atoms with E-state index in [1.54, 1.807) is 24.5 Å². The van der Waals surface area contributed by atoms with Gasteiger partial charge in [0.25, 0.3) is 0 Å². The molecule has 7 heteroatoms. The molecule has 0 bridgehead atoms. The van der Waals surface area contributed by atoms with E-state index < -0.39 is 0 Å². The third kappa shape index (κ3) is 5.22. The van der Waals surface area contributed by atoms with Crippen LogP contribution in [0.4, 0.5) is 5.69 Å². The van der Waals surface area contributed by atoms with Crippen molar-refractivity contribution in [3.63, 3.8) is 0 Å². The van der Waals surface area contributed by atoms with Gasteiger partial charge in [-0.05, 0) is 12.1 Å². The number of hydrogen-bond acceptors (Lipinski definition) is 5. The molecule has 2 N–H and O–H groups in total. The van der Waals surface area contributed by atoms with Crippen molar-refractivity contribution in [2.24, 2.45) is 0 Å². The lowest BCUT2D eigenvalue weighted by Crippen LogP contribution is -2.29. The number of nitrogens with zero attached hydrogens (tertiary/aromatic N) is 2. The molecule has 0 aliphatic carbocycles. The molecule has 6 nitrogen and oxygen atoms in total. The molecule has 2 heterocycles. The topological polar surface area (TPSA) is 84.0 Å². The van der Waals surface area contributed by atoms with Crippen LogP contribution in [0.5, 0.6) is 0 Å². The Hall–Kier alpha value is -3.06. The van der Waals surface area contributed by atoms with Crippen LogP contribution in [-0.4, -0.2) is 28.3 Å². The quantitative estimate of drug-likeness (QED) is 0.673. The highest BCUT2D eigenvalue weighted by Crippen LogP contribution is 2.23. The van der Waals surface area contributed by atoms with Crippen LogP contribution in [-0.2, 0) is 16.0 Å². The zero-order valence-corrected chi connectivity index (χ0v) is 14.8. The van der Waals surface area contributed by atoms with E-state index in [-0.39, 0.29) is 31.2 Å². The van der Waals surface area contributed by atoms with Crippen molar-refractivity contribution < 1.29 is 9.59 Å². The van der Waals surface area contributed by atoms with E-state index in [2.05, 4.69) is 20.6 Å². The normalized spacial score (nSPS) is 10.3. The third-order valence-electron chi connectivity index (χ3n) is 3.53. The van der Waals surface area contributed by atoms with Crippen LogP contribution in [0.2, 0.25) is 0 Å². The molecule has 0 spiro atoms. The van der Waals surface area contributed by atoms with Gasteiger partial charge in [-0.25, -0.2) is 4.98 Å². The smallest absolute Gasteiger partial charge is 0.226 e. The molecule has 2 aromatic heterocycles. The van der Waals surface area contributed by atoms with E-state index in [1.807, 2.05) is 35.7 Å². The summed E-state index contributed by atoms with van der Waals surface area (Å²) in [5, 5.41) is 8.25. The van der Waals surface area contributed by atoms with Gasteiger partial charge in [0.15, 0.2) is 0 Å². The Labute approximate surface area is 155 Å². The summed E-state index contributed by atoms with van der Waals surface area (Å²) in [4.78, 5) is 32.2. The van der Waals surface area contributed by atoms with Gasteiger partial charge in [-0.15, -0.1) is 11.3 Å². The average Bonchev–Trinajstić information content (AvgIpc) is 3.11. The summed E-state index contributed by atoms with van der Waals surface area (Å²) < 4.78 is 0. The number of hydrogen-bond donors (Lipinski definition) is 2. The fourth-order valence-electron chi connectivity index (χ4n) is 2.30. The van der Waals surface area contributed by atoms with Crippen LogP contribution in [0.3, 0.4) is 0 Å². The first kappa shape index (κ1) is 17.8. The second-order valence-corrected chi connectivity index (χ2v) is 6.43. The Morgan fingerprint density at radius 2 is 1.88 bits per heavy atom. The number of carbonyl (C=O) groups is 2. The van der Waals surface area contributed by atoms with Crippen LogP contribution in [0.25, 0.3) is 10.6 Å². The summed E-state index contributed by atoms with van der Waals surface area (Å²) in [7, 11) is 0. The highest BCUT2D eigenvalue weighted by Gasteiger charge is 2.09. The predicted octanol–water partition coefficient (Wildman–Crippen LogP) is 2.89. The number of nitrogens with one attached hydrogen (secondary N) is 2. The molecular formula is C19H18N4O2S. The molecule has 0 saturated heterocycles. The van der Waals surface area contributed by atoms with Crippen LogP contribution in [0, 0.1) is 0 Å². The molecule has 1 aromatic carbocycles. The van der Waals surface area contributed by atoms with Crippen LogP contribution < -0.4 is 10.6 Å². The number of rotatable bonds is 7. The average molecular weight is 366 g/mol. The van der Waals surface area contributed by atoms with E-state index in [4.69, 9.17) is 0 Å². The first-order valence-electron chi connectivity index (χ1n) is 8.17. The van der Waals surface area contributed by atoms with Crippen molar-refractivity contribution in [3.05, 3.63) is 65.9 Å². The second kappa shape index (κ2) is 8.87. The van der Waals surface area contributed by atoms with Crippen molar-refractivity contribution in [2.45, 2.75) is 12.8 Å². The van der Waals surface area contributed by atoms with E-state index in [9.17, 15) is 9.59 Å². The molecule has 3 aromatic rings. The Morgan fingerprint density at radius 1 is 1.04 bits per heavy atom. The molecule has 0 saturated carbocycles. The predicted molar refractivity (Wildman–Crippen MR) is 102 cm³/mol. The number of carbonyl (C=O) groups excluding carboxylic acids is 2. The minimum atomic E-state index is -0.168. The molecule has 2 amide bonds. The largest absolute Gasteiger partial charge is 0.355 e. The number of amides is 2. The number of thiazole rings is 1. The number of aromatic nitrogens is 2. The van der Waals surface area contributed by atoms with Crippen LogP contribution >= 0.6 is 11.3 Å². The van der Waals surface area contributed by atoms with Gasteiger partial charge >= 0.3 is 0 Å². The molecular weight excluding hydrogens is 348 g/mol. The number of anilines is 1. The Morgan fingerprint density at radius 3 is 2.65 bits per heavy atom. The summed E-state index contributed by atoms with van der Waals surface area (Å²) >= 11 is 1.51. The maximum absolute atomic E-state index is 12.0. The molecule has 0 radical (unpaired) electrons. The maximum atomic E-state index is 12.0. The zero-order chi connectivity index (χ0) is 18.2. The van der Waals surface area contributed by atoms with Gasteiger partial charge < -0.3 is 10.6 Å². The summed E-state index contributed by atoms with van der Waals surface area (Å²) in [6, 6.07) is 13.4. The van der Waals surface area contributed by atoms with E-state index in [0.29, 0.717) is 5.69 Å². The van der Waals surface area contributed by atoms with Crippen molar-refractivity contribution in [1.29, 1.82) is 0 Å². The third-order valence-corrected chi connectivity index (χ3v) is 4.47. The molecule has 132 valence electrons. The number of pyridine rings is 1. The Balaban J connectivity index is 1.42.